The van der Waals surface area contributed by atoms with E-state index in [4.69, 9.17) is 11.6 Å². The average molecular weight is 288 g/mol. The second kappa shape index (κ2) is 5.87. The van der Waals surface area contributed by atoms with E-state index in [1.807, 2.05) is 0 Å². The summed E-state index contributed by atoms with van der Waals surface area (Å²) in [6.45, 7) is 0. The lowest BCUT2D eigenvalue weighted by Crippen LogP contribution is -2.51. The van der Waals surface area contributed by atoms with Gasteiger partial charge in [-0.2, -0.15) is 0 Å². The molecule has 1 aromatic rings. The van der Waals surface area contributed by atoms with Crippen LogP contribution in [0.15, 0.2) is 18.2 Å². The molecule has 5 heteroatoms. The van der Waals surface area contributed by atoms with E-state index in [1.165, 1.54) is 12.1 Å². The topological polar surface area (TPSA) is 29.1 Å². The summed E-state index contributed by atoms with van der Waals surface area (Å²) in [7, 11) is 0. The van der Waals surface area contributed by atoms with Gasteiger partial charge in [0, 0.05) is 5.88 Å². The van der Waals surface area contributed by atoms with Gasteiger partial charge in [-0.05, 0) is 25.0 Å². The van der Waals surface area contributed by atoms with Crippen LogP contribution in [0.3, 0.4) is 0 Å². The van der Waals surface area contributed by atoms with E-state index in [2.05, 4.69) is 5.32 Å². The second-order valence-electron chi connectivity index (χ2n) is 5.03. The van der Waals surface area contributed by atoms with Crippen molar-refractivity contribution in [3.05, 3.63) is 35.4 Å². The predicted molar refractivity (Wildman–Crippen MR) is 70.4 cm³/mol. The van der Waals surface area contributed by atoms with Gasteiger partial charge in [0.15, 0.2) is 11.6 Å². The normalized spacial score (nSPS) is 18.1. The van der Waals surface area contributed by atoms with E-state index < -0.39 is 23.1 Å². The predicted octanol–water partition coefficient (Wildman–Crippen LogP) is 3.64. The Labute approximate surface area is 116 Å². The third kappa shape index (κ3) is 3.06. The molecule has 0 bridgehead atoms. The van der Waals surface area contributed by atoms with Gasteiger partial charge >= 0.3 is 0 Å². The molecular formula is C14H16ClF2NO. The molecule has 0 aromatic heterocycles. The summed E-state index contributed by atoms with van der Waals surface area (Å²) in [5.74, 6) is -2.44. The molecule has 2 nitrogen and oxygen atoms in total. The van der Waals surface area contributed by atoms with Crippen LogP contribution in [0.1, 0.15) is 42.5 Å². The van der Waals surface area contributed by atoms with Crippen molar-refractivity contribution in [2.75, 3.05) is 5.88 Å². The van der Waals surface area contributed by atoms with Crippen LogP contribution in [-0.4, -0.2) is 17.3 Å². The first-order chi connectivity index (χ1) is 9.08. The fourth-order valence-corrected chi connectivity index (χ4v) is 2.84. The molecular weight excluding hydrogens is 272 g/mol. The molecule has 1 amide bonds. The maximum absolute atomic E-state index is 13.6. The van der Waals surface area contributed by atoms with Crippen molar-refractivity contribution in [2.45, 2.75) is 37.6 Å². The van der Waals surface area contributed by atoms with Gasteiger partial charge < -0.3 is 5.32 Å². The number of carbonyl (C=O) groups excluding carboxylic acids is 1. The quantitative estimate of drug-likeness (QED) is 0.845. The first kappa shape index (κ1) is 14.3. The summed E-state index contributed by atoms with van der Waals surface area (Å²) in [6, 6.07) is 3.59. The highest BCUT2D eigenvalue weighted by Gasteiger charge is 2.33. The van der Waals surface area contributed by atoms with Gasteiger partial charge in [-0.1, -0.05) is 25.3 Å². The van der Waals surface area contributed by atoms with Gasteiger partial charge in [0.05, 0.1) is 11.1 Å². The van der Waals surface area contributed by atoms with Crippen LogP contribution in [0, 0.1) is 11.6 Å². The van der Waals surface area contributed by atoms with Crippen LogP contribution in [0.25, 0.3) is 0 Å². The minimum Gasteiger partial charge on any atom is -0.345 e. The minimum absolute atomic E-state index is 0.268. The van der Waals surface area contributed by atoms with Crippen LogP contribution in [0.2, 0.25) is 0 Å². The lowest BCUT2D eigenvalue weighted by molar-refractivity contribution is 0.0879. The summed E-state index contributed by atoms with van der Waals surface area (Å²) < 4.78 is 26.7. The second-order valence-corrected chi connectivity index (χ2v) is 5.30. The van der Waals surface area contributed by atoms with E-state index in [9.17, 15) is 13.6 Å². The number of nitrogens with one attached hydrogen (secondary N) is 1. The Bertz CT molecular complexity index is 473. The highest BCUT2D eigenvalue weighted by atomic mass is 35.5. The molecule has 1 aliphatic rings. The van der Waals surface area contributed by atoms with Crippen molar-refractivity contribution in [3.8, 4) is 0 Å². The minimum atomic E-state index is -1.11. The molecule has 0 saturated heterocycles. The third-order valence-corrected chi connectivity index (χ3v) is 4.15. The zero-order chi connectivity index (χ0) is 13.9. The van der Waals surface area contributed by atoms with Gasteiger partial charge in [0.25, 0.3) is 5.91 Å². The van der Waals surface area contributed by atoms with Crippen molar-refractivity contribution in [1.29, 1.82) is 0 Å². The largest absolute Gasteiger partial charge is 0.345 e. The number of hydrogen-bond donors (Lipinski definition) is 1. The summed E-state index contributed by atoms with van der Waals surface area (Å²) >= 11 is 5.96. The van der Waals surface area contributed by atoms with Crippen molar-refractivity contribution < 1.29 is 13.6 Å². The molecule has 1 N–H and O–H groups in total. The summed E-state index contributed by atoms with van der Waals surface area (Å²) in [4.78, 5) is 12.1. The molecule has 104 valence electrons. The lowest BCUT2D eigenvalue weighted by atomic mass is 9.83. The monoisotopic (exact) mass is 287 g/mol. The molecule has 1 aliphatic carbocycles. The Morgan fingerprint density at radius 1 is 1.26 bits per heavy atom. The zero-order valence-electron chi connectivity index (χ0n) is 10.5. The Morgan fingerprint density at radius 3 is 2.58 bits per heavy atom. The van der Waals surface area contributed by atoms with Crippen LogP contribution in [0.4, 0.5) is 8.78 Å². The van der Waals surface area contributed by atoms with Gasteiger partial charge in [0.1, 0.15) is 0 Å². The molecule has 1 saturated carbocycles. The fraction of sp³-hybridized carbons (Fsp3) is 0.500. The van der Waals surface area contributed by atoms with Crippen molar-refractivity contribution in [2.24, 2.45) is 0 Å². The third-order valence-electron chi connectivity index (χ3n) is 3.64. The van der Waals surface area contributed by atoms with Gasteiger partial charge in [-0.25, -0.2) is 8.78 Å². The number of hydrogen-bond acceptors (Lipinski definition) is 1. The highest BCUT2D eigenvalue weighted by Crippen LogP contribution is 2.29. The van der Waals surface area contributed by atoms with Gasteiger partial charge in [-0.15, -0.1) is 11.6 Å². The number of benzene rings is 1. The maximum Gasteiger partial charge on any atom is 0.254 e. The number of rotatable bonds is 3. The first-order valence-corrected chi connectivity index (χ1v) is 6.94. The number of amides is 1. The number of carbonyl (C=O) groups is 1. The highest BCUT2D eigenvalue weighted by molar-refractivity contribution is 6.19. The SMILES string of the molecule is O=C(NC1(CCl)CCCCC1)c1cccc(F)c1F. The Hall–Kier alpha value is -1.16. The molecule has 1 fully saturated rings. The van der Waals surface area contributed by atoms with Crippen LogP contribution in [-0.2, 0) is 0 Å². The van der Waals surface area contributed by atoms with E-state index in [0.717, 1.165) is 38.2 Å². The number of alkyl halides is 1. The average Bonchev–Trinajstić information content (AvgIpc) is 2.42. The Kier molecular flexibility index (Phi) is 4.40. The lowest BCUT2D eigenvalue weighted by Gasteiger charge is -2.36. The molecule has 1 aromatic carbocycles. The van der Waals surface area contributed by atoms with Crippen LogP contribution in [0.5, 0.6) is 0 Å². The van der Waals surface area contributed by atoms with E-state index in [-0.39, 0.29) is 11.4 Å². The molecule has 0 spiro atoms. The smallest absolute Gasteiger partial charge is 0.254 e. The fourth-order valence-electron chi connectivity index (χ4n) is 2.51. The van der Waals surface area contributed by atoms with Crippen LogP contribution < -0.4 is 5.32 Å². The Balaban J connectivity index is 2.17. The van der Waals surface area contributed by atoms with E-state index in [0.29, 0.717) is 0 Å². The van der Waals surface area contributed by atoms with Crippen LogP contribution >= 0.6 is 11.6 Å². The number of halogens is 3. The Morgan fingerprint density at radius 2 is 1.95 bits per heavy atom. The van der Waals surface area contributed by atoms with Crippen molar-refractivity contribution in [3.63, 3.8) is 0 Å². The van der Waals surface area contributed by atoms with Gasteiger partial charge in [0.2, 0.25) is 0 Å². The summed E-state index contributed by atoms with van der Waals surface area (Å²) in [5.41, 5.74) is -0.759. The van der Waals surface area contributed by atoms with Crippen molar-refractivity contribution >= 4 is 17.5 Å². The molecule has 0 radical (unpaired) electrons. The molecule has 2 rings (SSSR count). The molecule has 0 aliphatic heterocycles. The molecule has 0 atom stereocenters. The van der Waals surface area contributed by atoms with E-state index in [1.54, 1.807) is 0 Å². The zero-order valence-corrected chi connectivity index (χ0v) is 11.3. The summed E-state index contributed by atoms with van der Waals surface area (Å²) in [5, 5.41) is 2.79. The molecule has 19 heavy (non-hydrogen) atoms. The maximum atomic E-state index is 13.6. The first-order valence-electron chi connectivity index (χ1n) is 6.40. The standard InChI is InChI=1S/C14H16ClF2NO/c15-9-14(7-2-1-3-8-14)18-13(19)10-5-4-6-11(16)12(10)17/h4-6H,1-3,7-9H2,(H,18,19). The van der Waals surface area contributed by atoms with E-state index >= 15 is 0 Å². The summed E-state index contributed by atoms with van der Waals surface area (Å²) in [6.07, 6.45) is 4.64. The molecule has 0 heterocycles. The molecule has 0 unspecified atom stereocenters. The van der Waals surface area contributed by atoms with Gasteiger partial charge in [-0.3, -0.25) is 4.79 Å². The van der Waals surface area contributed by atoms with Crippen molar-refractivity contribution in [1.82, 2.24) is 5.32 Å².